The van der Waals surface area contributed by atoms with Gasteiger partial charge in [-0.3, -0.25) is 4.79 Å². The molecule has 26 heavy (non-hydrogen) atoms. The van der Waals surface area contributed by atoms with Crippen LogP contribution in [0.25, 0.3) is 0 Å². The smallest absolute Gasteiger partial charge is 0.358 e. The van der Waals surface area contributed by atoms with Crippen LogP contribution in [-0.4, -0.2) is 55.5 Å². The molecule has 8 nitrogen and oxygen atoms in total. The van der Waals surface area contributed by atoms with E-state index in [2.05, 4.69) is 29.5 Å². The molecular formula is C16H25N3O5S2. The van der Waals surface area contributed by atoms with Crippen molar-refractivity contribution in [1.29, 1.82) is 0 Å². The van der Waals surface area contributed by atoms with Gasteiger partial charge in [0, 0.05) is 18.0 Å². The maximum atomic E-state index is 12.1. The van der Waals surface area contributed by atoms with Gasteiger partial charge in [0.2, 0.25) is 0 Å². The van der Waals surface area contributed by atoms with E-state index >= 15 is 0 Å². The number of nitrogens with one attached hydrogen (secondary N) is 2. The van der Waals surface area contributed by atoms with Crippen LogP contribution in [0.1, 0.15) is 44.1 Å². The Kier molecular flexibility index (Phi) is 6.99. The van der Waals surface area contributed by atoms with Crippen molar-refractivity contribution in [2.24, 2.45) is 5.92 Å². The zero-order chi connectivity index (χ0) is 19.3. The van der Waals surface area contributed by atoms with Crippen molar-refractivity contribution in [3.63, 3.8) is 0 Å². The van der Waals surface area contributed by atoms with Crippen LogP contribution in [0.3, 0.4) is 0 Å². The molecule has 1 amide bonds. The number of carbonyl (C=O) groups excluding carboxylic acids is 2. The van der Waals surface area contributed by atoms with Crippen LogP contribution in [0.5, 0.6) is 0 Å². The zero-order valence-electron chi connectivity index (χ0n) is 15.1. The molecule has 1 aromatic rings. The number of anilines is 1. The average molecular weight is 404 g/mol. The summed E-state index contributed by atoms with van der Waals surface area (Å²) in [5.74, 6) is -0.624. The summed E-state index contributed by atoms with van der Waals surface area (Å²) in [6.07, 6.45) is 0.351. The van der Waals surface area contributed by atoms with Gasteiger partial charge in [-0.25, -0.2) is 18.2 Å². The normalized spacial score (nSPS) is 19.9. The number of thiazole rings is 1. The highest BCUT2D eigenvalue weighted by Gasteiger charge is 2.31. The molecule has 1 saturated heterocycles. The molecule has 1 aliphatic heterocycles. The van der Waals surface area contributed by atoms with Gasteiger partial charge in [0.1, 0.15) is 0 Å². The molecule has 0 aliphatic carbocycles. The number of amides is 1. The van der Waals surface area contributed by atoms with Crippen LogP contribution in [0.2, 0.25) is 0 Å². The van der Waals surface area contributed by atoms with Gasteiger partial charge >= 0.3 is 5.97 Å². The highest BCUT2D eigenvalue weighted by atomic mass is 32.2. The molecule has 0 radical (unpaired) electrons. The Balaban J connectivity index is 1.81. The van der Waals surface area contributed by atoms with Crippen LogP contribution in [-0.2, 0) is 19.4 Å². The second-order valence-corrected chi connectivity index (χ2v) is 9.89. The fraction of sp³-hybridized carbons (Fsp3) is 0.688. The van der Waals surface area contributed by atoms with E-state index in [-0.39, 0.29) is 17.2 Å². The summed E-state index contributed by atoms with van der Waals surface area (Å²) in [6, 6.07) is -0.426. The largest absolute Gasteiger partial charge is 0.448 e. The summed E-state index contributed by atoms with van der Waals surface area (Å²) in [6.45, 7) is 6.47. The maximum Gasteiger partial charge on any atom is 0.358 e. The van der Waals surface area contributed by atoms with Gasteiger partial charge in [-0.2, -0.15) is 0 Å². The van der Waals surface area contributed by atoms with Crippen LogP contribution in [0.4, 0.5) is 5.13 Å². The van der Waals surface area contributed by atoms with Gasteiger partial charge in [-0.05, 0) is 25.7 Å². The third-order valence-corrected chi connectivity index (χ3v) is 6.51. The van der Waals surface area contributed by atoms with E-state index in [0.29, 0.717) is 17.5 Å². The minimum atomic E-state index is -3.08. The van der Waals surface area contributed by atoms with Crippen molar-refractivity contribution in [3.05, 3.63) is 11.1 Å². The Labute approximate surface area is 157 Å². The zero-order valence-corrected chi connectivity index (χ0v) is 16.8. The molecular weight excluding hydrogens is 378 g/mol. The molecule has 2 rings (SSSR count). The van der Waals surface area contributed by atoms with E-state index in [4.69, 9.17) is 4.74 Å². The molecule has 2 atom stereocenters. The first-order valence-corrected chi connectivity index (χ1v) is 11.3. The van der Waals surface area contributed by atoms with E-state index < -0.39 is 33.9 Å². The highest BCUT2D eigenvalue weighted by Crippen LogP contribution is 2.17. The summed E-state index contributed by atoms with van der Waals surface area (Å²) in [5, 5.41) is 7.96. The lowest BCUT2D eigenvalue weighted by molar-refractivity contribution is -0.129. The number of hydrogen-bond acceptors (Lipinski definition) is 8. The molecule has 0 unspecified atom stereocenters. The Morgan fingerprint density at radius 2 is 2.12 bits per heavy atom. The molecule has 0 aromatic carbocycles. The first-order valence-electron chi connectivity index (χ1n) is 8.57. The first kappa shape index (κ1) is 20.6. The molecule has 0 spiro atoms. The van der Waals surface area contributed by atoms with Crippen molar-refractivity contribution in [1.82, 2.24) is 10.3 Å². The molecule has 146 valence electrons. The molecule has 0 bridgehead atoms. The third-order valence-electron chi connectivity index (χ3n) is 3.94. The number of esters is 1. The fourth-order valence-corrected chi connectivity index (χ4v) is 4.80. The molecule has 2 N–H and O–H groups in total. The number of rotatable bonds is 8. The van der Waals surface area contributed by atoms with Crippen LogP contribution in [0, 0.1) is 5.92 Å². The van der Waals surface area contributed by atoms with Gasteiger partial charge in [-0.1, -0.05) is 13.8 Å². The number of carbonyl (C=O) groups is 2. The van der Waals surface area contributed by atoms with E-state index in [1.807, 2.05) is 0 Å². The Morgan fingerprint density at radius 1 is 1.38 bits per heavy atom. The molecule has 0 saturated carbocycles. The van der Waals surface area contributed by atoms with Gasteiger partial charge in [0.25, 0.3) is 5.91 Å². The number of sulfone groups is 1. The summed E-state index contributed by atoms with van der Waals surface area (Å²) in [7, 11) is -3.08. The molecule has 1 fully saturated rings. The van der Waals surface area contributed by atoms with Crippen LogP contribution >= 0.6 is 11.3 Å². The van der Waals surface area contributed by atoms with Gasteiger partial charge in [0.15, 0.2) is 26.8 Å². The predicted octanol–water partition coefficient (Wildman–Crippen LogP) is 1.45. The van der Waals surface area contributed by atoms with E-state index in [0.717, 1.165) is 13.0 Å². The Bertz CT molecular complexity index is 745. The van der Waals surface area contributed by atoms with E-state index in [1.165, 1.54) is 18.3 Å². The molecule has 2 heterocycles. The van der Waals surface area contributed by atoms with E-state index in [1.54, 1.807) is 5.38 Å². The SMILES string of the molecule is CC(C)CCNc1nc(C(=O)O[C@H](C)C(=O)N[C@H]2CCS(=O)(=O)C2)cs1. The van der Waals surface area contributed by atoms with Crippen molar-refractivity contribution in [2.75, 3.05) is 23.4 Å². The summed E-state index contributed by atoms with van der Waals surface area (Å²) < 4.78 is 28.0. The summed E-state index contributed by atoms with van der Waals surface area (Å²) in [5.41, 5.74) is 0.144. The monoisotopic (exact) mass is 403 g/mol. The van der Waals surface area contributed by atoms with Crippen LogP contribution < -0.4 is 10.6 Å². The van der Waals surface area contributed by atoms with Crippen molar-refractivity contribution in [3.8, 4) is 0 Å². The summed E-state index contributed by atoms with van der Waals surface area (Å²) >= 11 is 1.30. The van der Waals surface area contributed by atoms with E-state index in [9.17, 15) is 18.0 Å². The minimum absolute atomic E-state index is 0.0670. The Hall–Kier alpha value is -1.68. The predicted molar refractivity (Wildman–Crippen MR) is 100 cm³/mol. The number of ether oxygens (including phenoxy) is 1. The molecule has 10 heteroatoms. The minimum Gasteiger partial charge on any atom is -0.448 e. The first-order chi connectivity index (χ1) is 12.2. The average Bonchev–Trinajstić information content (AvgIpc) is 3.13. The summed E-state index contributed by atoms with van der Waals surface area (Å²) in [4.78, 5) is 28.4. The lowest BCUT2D eigenvalue weighted by atomic mass is 10.1. The third kappa shape index (κ3) is 6.24. The number of hydrogen-bond donors (Lipinski definition) is 2. The van der Waals surface area contributed by atoms with Crippen molar-refractivity contribution < 1.29 is 22.7 Å². The maximum absolute atomic E-state index is 12.1. The van der Waals surface area contributed by atoms with Gasteiger partial charge in [-0.15, -0.1) is 11.3 Å². The number of aromatic nitrogens is 1. The van der Waals surface area contributed by atoms with Crippen molar-refractivity contribution >= 4 is 38.2 Å². The lowest BCUT2D eigenvalue weighted by Gasteiger charge is -2.16. The second-order valence-electron chi connectivity index (χ2n) is 6.80. The quantitative estimate of drug-likeness (QED) is 0.631. The highest BCUT2D eigenvalue weighted by molar-refractivity contribution is 7.91. The van der Waals surface area contributed by atoms with Crippen LogP contribution in [0.15, 0.2) is 5.38 Å². The van der Waals surface area contributed by atoms with Crippen molar-refractivity contribution in [2.45, 2.75) is 45.8 Å². The molecule has 1 aliphatic rings. The standard InChI is InChI=1S/C16H25N3O5S2/c1-10(2)4-6-17-16-19-13(8-25-16)15(21)24-11(3)14(20)18-12-5-7-26(22,23)9-12/h8,10-12H,4-7,9H2,1-3H3,(H,17,19)(H,18,20)/t11-,12+/m1/s1. The second kappa shape index (κ2) is 8.81. The lowest BCUT2D eigenvalue weighted by Crippen LogP contribution is -2.42. The van der Waals surface area contributed by atoms with Gasteiger partial charge < -0.3 is 15.4 Å². The fourth-order valence-electron chi connectivity index (χ4n) is 2.42. The number of nitrogens with zero attached hydrogens (tertiary/aromatic N) is 1. The Morgan fingerprint density at radius 3 is 2.73 bits per heavy atom. The van der Waals surface area contributed by atoms with Gasteiger partial charge in [0.05, 0.1) is 11.5 Å². The topological polar surface area (TPSA) is 114 Å². The molecule has 1 aromatic heterocycles.